The smallest absolute Gasteiger partial charge is 0.239 e. The zero-order chi connectivity index (χ0) is 16.0. The minimum atomic E-state index is -3.38. The standard InChI is InChI=1S/C14H21N3O4S/c1-2-22(19,20)15-11-14(18)16-12-5-3-4-6-13(12)17-7-9-21-10-8-17/h3-6,15H,2,7-11H2,1H3,(H,16,18). The highest BCUT2D eigenvalue weighted by Gasteiger charge is 2.16. The van der Waals surface area contributed by atoms with Crippen molar-refractivity contribution >= 4 is 27.3 Å². The van der Waals surface area contributed by atoms with Crippen LogP contribution in [0, 0.1) is 0 Å². The van der Waals surface area contributed by atoms with E-state index in [1.54, 1.807) is 6.07 Å². The van der Waals surface area contributed by atoms with Gasteiger partial charge in [-0.15, -0.1) is 0 Å². The number of nitrogens with zero attached hydrogens (tertiary/aromatic N) is 1. The number of nitrogens with one attached hydrogen (secondary N) is 2. The molecule has 0 aromatic heterocycles. The summed E-state index contributed by atoms with van der Waals surface area (Å²) in [5, 5.41) is 2.76. The van der Waals surface area contributed by atoms with Crippen LogP contribution < -0.4 is 14.9 Å². The lowest BCUT2D eigenvalue weighted by Gasteiger charge is -2.30. The quantitative estimate of drug-likeness (QED) is 0.790. The number of sulfonamides is 1. The fourth-order valence-electron chi connectivity index (χ4n) is 2.13. The fourth-order valence-corrected chi connectivity index (χ4v) is 2.69. The Labute approximate surface area is 130 Å². The van der Waals surface area contributed by atoms with Crippen LogP contribution in [0.4, 0.5) is 11.4 Å². The van der Waals surface area contributed by atoms with Gasteiger partial charge in [0.2, 0.25) is 15.9 Å². The number of morpholine rings is 1. The van der Waals surface area contributed by atoms with Gasteiger partial charge in [-0.25, -0.2) is 13.1 Å². The molecule has 1 heterocycles. The van der Waals surface area contributed by atoms with Crippen molar-refractivity contribution in [3.8, 4) is 0 Å². The van der Waals surface area contributed by atoms with Gasteiger partial charge in [0.1, 0.15) is 0 Å². The van der Waals surface area contributed by atoms with Crippen molar-refractivity contribution < 1.29 is 17.9 Å². The second-order valence-corrected chi connectivity index (χ2v) is 6.98. The molecule has 1 aliphatic heterocycles. The van der Waals surface area contributed by atoms with Gasteiger partial charge in [0.05, 0.1) is 36.9 Å². The summed E-state index contributed by atoms with van der Waals surface area (Å²) in [7, 11) is -3.38. The van der Waals surface area contributed by atoms with Crippen LogP contribution in [0.5, 0.6) is 0 Å². The van der Waals surface area contributed by atoms with Crippen molar-refractivity contribution in [3.05, 3.63) is 24.3 Å². The van der Waals surface area contributed by atoms with E-state index < -0.39 is 15.9 Å². The highest BCUT2D eigenvalue weighted by atomic mass is 32.2. The molecule has 0 aliphatic carbocycles. The predicted molar refractivity (Wildman–Crippen MR) is 85.6 cm³/mol. The summed E-state index contributed by atoms with van der Waals surface area (Å²) in [6, 6.07) is 7.46. The molecule has 0 spiro atoms. The minimum Gasteiger partial charge on any atom is -0.378 e. The summed E-state index contributed by atoms with van der Waals surface area (Å²) in [6.45, 7) is 4.07. The molecule has 0 atom stereocenters. The summed E-state index contributed by atoms with van der Waals surface area (Å²) in [5.74, 6) is -0.442. The number of anilines is 2. The molecule has 1 aromatic rings. The van der Waals surface area contributed by atoms with Crippen molar-refractivity contribution in [1.29, 1.82) is 0 Å². The molecular formula is C14H21N3O4S. The molecule has 1 amide bonds. The number of ether oxygens (including phenoxy) is 1. The highest BCUT2D eigenvalue weighted by molar-refractivity contribution is 7.89. The lowest BCUT2D eigenvalue weighted by Crippen LogP contribution is -2.37. The molecule has 1 saturated heterocycles. The average Bonchev–Trinajstić information content (AvgIpc) is 2.54. The number of amides is 1. The number of hydrogen-bond acceptors (Lipinski definition) is 5. The van der Waals surface area contributed by atoms with E-state index in [1.165, 1.54) is 6.92 Å². The van der Waals surface area contributed by atoms with Crippen LogP contribution in [0.1, 0.15) is 6.92 Å². The van der Waals surface area contributed by atoms with E-state index in [1.807, 2.05) is 18.2 Å². The molecule has 8 heteroatoms. The van der Waals surface area contributed by atoms with Gasteiger partial charge >= 0.3 is 0 Å². The zero-order valence-electron chi connectivity index (χ0n) is 12.5. The van der Waals surface area contributed by atoms with Crippen molar-refractivity contribution in [2.24, 2.45) is 0 Å². The summed E-state index contributed by atoms with van der Waals surface area (Å²) in [4.78, 5) is 14.1. The number of carbonyl (C=O) groups is 1. The molecule has 22 heavy (non-hydrogen) atoms. The maximum absolute atomic E-state index is 11.9. The average molecular weight is 327 g/mol. The first-order valence-corrected chi connectivity index (χ1v) is 8.86. The van der Waals surface area contributed by atoms with Gasteiger partial charge in [0.25, 0.3) is 0 Å². The Morgan fingerprint density at radius 1 is 1.27 bits per heavy atom. The summed E-state index contributed by atoms with van der Waals surface area (Å²) in [6.07, 6.45) is 0. The Balaban J connectivity index is 2.01. The largest absolute Gasteiger partial charge is 0.378 e. The van der Waals surface area contributed by atoms with Crippen molar-refractivity contribution in [2.45, 2.75) is 6.92 Å². The maximum atomic E-state index is 11.9. The fraction of sp³-hybridized carbons (Fsp3) is 0.500. The Bertz CT molecular complexity index is 612. The molecule has 2 N–H and O–H groups in total. The molecule has 1 fully saturated rings. The van der Waals surface area contributed by atoms with E-state index in [0.717, 1.165) is 18.8 Å². The van der Waals surface area contributed by atoms with E-state index in [4.69, 9.17) is 4.74 Å². The number of para-hydroxylation sites is 2. The lowest BCUT2D eigenvalue weighted by atomic mass is 10.2. The topological polar surface area (TPSA) is 87.7 Å². The molecule has 0 radical (unpaired) electrons. The molecule has 0 saturated carbocycles. The number of benzene rings is 1. The van der Waals surface area contributed by atoms with Crippen molar-refractivity contribution in [2.75, 3.05) is 48.8 Å². The lowest BCUT2D eigenvalue weighted by molar-refractivity contribution is -0.115. The molecule has 1 aromatic carbocycles. The summed E-state index contributed by atoms with van der Waals surface area (Å²) in [5.41, 5.74) is 1.59. The molecule has 122 valence electrons. The molecule has 7 nitrogen and oxygen atoms in total. The van der Waals surface area contributed by atoms with Gasteiger partial charge in [-0.3, -0.25) is 4.79 Å². The number of hydrogen-bond donors (Lipinski definition) is 2. The number of rotatable bonds is 6. The molecule has 0 unspecified atom stereocenters. The van der Waals surface area contributed by atoms with Gasteiger partial charge in [0, 0.05) is 13.1 Å². The first-order valence-electron chi connectivity index (χ1n) is 7.21. The molecule has 2 rings (SSSR count). The highest BCUT2D eigenvalue weighted by Crippen LogP contribution is 2.26. The summed E-state index contributed by atoms with van der Waals surface area (Å²) < 4.78 is 30.3. The van der Waals surface area contributed by atoms with Crippen LogP contribution in [0.2, 0.25) is 0 Å². The SMILES string of the molecule is CCS(=O)(=O)NCC(=O)Nc1ccccc1N1CCOCC1. The first-order chi connectivity index (χ1) is 10.5. The van der Waals surface area contributed by atoms with E-state index in [2.05, 4.69) is 14.9 Å². The van der Waals surface area contributed by atoms with Gasteiger partial charge in [-0.1, -0.05) is 12.1 Å². The van der Waals surface area contributed by atoms with Crippen LogP contribution in [0.3, 0.4) is 0 Å². The van der Waals surface area contributed by atoms with E-state index in [0.29, 0.717) is 18.9 Å². The first kappa shape index (κ1) is 16.7. The monoisotopic (exact) mass is 327 g/mol. The molecular weight excluding hydrogens is 306 g/mol. The van der Waals surface area contributed by atoms with Crippen molar-refractivity contribution in [3.63, 3.8) is 0 Å². The zero-order valence-corrected chi connectivity index (χ0v) is 13.4. The van der Waals surface area contributed by atoms with Gasteiger partial charge < -0.3 is 15.0 Å². The van der Waals surface area contributed by atoms with Crippen LogP contribution in [0.15, 0.2) is 24.3 Å². The van der Waals surface area contributed by atoms with E-state index in [9.17, 15) is 13.2 Å². The van der Waals surface area contributed by atoms with Gasteiger partial charge in [0.15, 0.2) is 0 Å². The summed E-state index contributed by atoms with van der Waals surface area (Å²) >= 11 is 0. The number of carbonyl (C=O) groups excluding carboxylic acids is 1. The third kappa shape index (κ3) is 4.69. The Morgan fingerprint density at radius 3 is 2.64 bits per heavy atom. The minimum absolute atomic E-state index is 0.0509. The van der Waals surface area contributed by atoms with Crippen molar-refractivity contribution in [1.82, 2.24) is 4.72 Å². The Morgan fingerprint density at radius 2 is 1.95 bits per heavy atom. The van der Waals surface area contributed by atoms with Crippen LogP contribution in [-0.4, -0.2) is 52.9 Å². The van der Waals surface area contributed by atoms with Gasteiger partial charge in [-0.05, 0) is 19.1 Å². The Hall–Kier alpha value is -1.64. The van der Waals surface area contributed by atoms with Gasteiger partial charge in [-0.2, -0.15) is 0 Å². The second kappa shape index (κ2) is 7.57. The molecule has 1 aliphatic rings. The second-order valence-electron chi connectivity index (χ2n) is 4.89. The third-order valence-electron chi connectivity index (χ3n) is 3.36. The van der Waals surface area contributed by atoms with E-state index in [-0.39, 0.29) is 12.3 Å². The maximum Gasteiger partial charge on any atom is 0.239 e. The van der Waals surface area contributed by atoms with Crippen LogP contribution >= 0.6 is 0 Å². The van der Waals surface area contributed by atoms with Crippen LogP contribution in [0.25, 0.3) is 0 Å². The predicted octanol–water partition coefficient (Wildman–Crippen LogP) is 0.401. The third-order valence-corrected chi connectivity index (χ3v) is 4.71. The normalized spacial score (nSPS) is 15.6. The molecule has 0 bridgehead atoms. The Kier molecular flexibility index (Phi) is 5.76. The van der Waals surface area contributed by atoms with Crippen LogP contribution in [-0.2, 0) is 19.6 Å². The van der Waals surface area contributed by atoms with E-state index >= 15 is 0 Å².